The Kier molecular flexibility index (Phi) is 7.71. The van der Waals surface area contributed by atoms with Gasteiger partial charge in [-0.2, -0.15) is 0 Å². The van der Waals surface area contributed by atoms with Crippen molar-refractivity contribution < 1.29 is 14.0 Å². The second kappa shape index (κ2) is 7.93. The summed E-state index contributed by atoms with van der Waals surface area (Å²) in [5.41, 5.74) is 0. The minimum absolute atomic E-state index is 0.0262. The van der Waals surface area contributed by atoms with Gasteiger partial charge in [0.1, 0.15) is 0 Å². The smallest absolute Gasteiger partial charge is 0.489 e. The number of ether oxygens (including phenoxy) is 1. The third-order valence-electron chi connectivity index (χ3n) is 4.12. The lowest BCUT2D eigenvalue weighted by Crippen LogP contribution is -2.42. The highest BCUT2D eigenvalue weighted by atomic mass is 28.4. The van der Waals surface area contributed by atoms with Gasteiger partial charge in [0.25, 0.3) is 8.32 Å². The maximum absolute atomic E-state index is 11.8. The summed E-state index contributed by atoms with van der Waals surface area (Å²) < 4.78 is 10.9. The average Bonchev–Trinajstić information content (AvgIpc) is 2.27. The van der Waals surface area contributed by atoms with Crippen LogP contribution in [-0.2, 0) is 9.16 Å². The van der Waals surface area contributed by atoms with E-state index >= 15 is 0 Å². The zero-order valence-corrected chi connectivity index (χ0v) is 14.8. The van der Waals surface area contributed by atoms with E-state index in [1.807, 2.05) is 0 Å². The predicted octanol–water partition coefficient (Wildman–Crippen LogP) is 5.36. The topological polar surface area (TPSA) is 35.5 Å². The van der Waals surface area contributed by atoms with Crippen LogP contribution in [0.15, 0.2) is 0 Å². The molecule has 0 aromatic carbocycles. The Morgan fingerprint density at radius 1 is 1.21 bits per heavy atom. The molecule has 0 amide bonds. The van der Waals surface area contributed by atoms with E-state index in [1.54, 1.807) is 0 Å². The lowest BCUT2D eigenvalue weighted by molar-refractivity contribution is 0.0772. The highest BCUT2D eigenvalue weighted by molar-refractivity contribution is 6.75. The van der Waals surface area contributed by atoms with Crippen molar-refractivity contribution in [1.29, 1.82) is 0 Å². The van der Waals surface area contributed by atoms with Crippen LogP contribution in [0, 0.1) is 5.92 Å². The molecule has 0 N–H and O–H groups in total. The third-order valence-corrected chi connectivity index (χ3v) is 8.41. The van der Waals surface area contributed by atoms with E-state index in [-0.39, 0.29) is 5.04 Å². The average molecular weight is 289 g/mol. The summed E-state index contributed by atoms with van der Waals surface area (Å²) in [6.45, 7) is 15.3. The number of hydrogen-bond acceptors (Lipinski definition) is 3. The van der Waals surface area contributed by atoms with E-state index in [0.29, 0.717) is 12.5 Å². The molecule has 0 aliphatic carbocycles. The van der Waals surface area contributed by atoms with Crippen LogP contribution in [0.5, 0.6) is 0 Å². The van der Waals surface area contributed by atoms with Crippen LogP contribution >= 0.6 is 0 Å². The minimum Gasteiger partial charge on any atom is -0.489 e. The predicted molar refractivity (Wildman–Crippen MR) is 82.9 cm³/mol. The second-order valence-corrected chi connectivity index (χ2v) is 11.6. The van der Waals surface area contributed by atoms with Crippen molar-refractivity contribution in [1.82, 2.24) is 0 Å². The number of unbranched alkanes of at least 4 members (excludes halogenated alkanes) is 1. The molecule has 0 heterocycles. The van der Waals surface area contributed by atoms with Crippen molar-refractivity contribution in [3.05, 3.63) is 0 Å². The van der Waals surface area contributed by atoms with E-state index in [9.17, 15) is 4.79 Å². The Morgan fingerprint density at radius 3 is 2.21 bits per heavy atom. The summed E-state index contributed by atoms with van der Waals surface area (Å²) in [6.07, 6.45) is 4.07. The first-order valence-electron chi connectivity index (χ1n) is 7.49. The first kappa shape index (κ1) is 18.5. The van der Waals surface area contributed by atoms with Gasteiger partial charge in [-0.25, -0.2) is 4.79 Å². The van der Waals surface area contributed by atoms with Gasteiger partial charge in [0.2, 0.25) is 0 Å². The van der Waals surface area contributed by atoms with Gasteiger partial charge in [0.15, 0.2) is 0 Å². The fourth-order valence-corrected chi connectivity index (χ4v) is 2.26. The highest BCUT2D eigenvalue weighted by Crippen LogP contribution is 2.36. The van der Waals surface area contributed by atoms with E-state index in [1.165, 1.54) is 12.8 Å². The van der Waals surface area contributed by atoms with Gasteiger partial charge in [-0.15, -0.1) is 0 Å². The molecule has 0 saturated carbocycles. The van der Waals surface area contributed by atoms with Crippen LogP contribution in [-0.4, -0.2) is 21.1 Å². The van der Waals surface area contributed by atoms with Crippen LogP contribution in [0.4, 0.5) is 4.79 Å². The second-order valence-electron chi connectivity index (χ2n) is 6.84. The normalized spacial score (nSPS) is 14.1. The molecule has 4 heteroatoms. The summed E-state index contributed by atoms with van der Waals surface area (Å²) in [4.78, 5) is 11.8. The minimum atomic E-state index is -2.05. The van der Waals surface area contributed by atoms with Gasteiger partial charge in [-0.1, -0.05) is 53.9 Å². The molecule has 0 aliphatic heterocycles. The molecule has 0 spiro atoms. The molecular formula is C15H32O3Si. The molecule has 1 unspecified atom stereocenters. The molecule has 0 aromatic rings. The molecule has 3 nitrogen and oxygen atoms in total. The number of rotatable bonds is 7. The van der Waals surface area contributed by atoms with E-state index in [4.69, 9.17) is 9.16 Å². The quantitative estimate of drug-likeness (QED) is 0.467. The molecule has 114 valence electrons. The first-order chi connectivity index (χ1) is 8.64. The molecular weight excluding hydrogens is 256 g/mol. The summed E-state index contributed by atoms with van der Waals surface area (Å²) in [6, 6.07) is 0. The van der Waals surface area contributed by atoms with Crippen LogP contribution in [0.25, 0.3) is 0 Å². The fourth-order valence-electron chi connectivity index (χ4n) is 1.47. The molecule has 1 atom stereocenters. The molecule has 19 heavy (non-hydrogen) atoms. The highest BCUT2D eigenvalue weighted by Gasteiger charge is 2.41. The Morgan fingerprint density at radius 2 is 1.79 bits per heavy atom. The molecule has 0 saturated heterocycles. The standard InChI is InChI=1S/C15H32O3Si/c1-8-10-11-13(9-2)12-17-14(16)18-19(6,7)15(3,4)5/h13H,8-12H2,1-7H3. The van der Waals surface area contributed by atoms with Crippen LogP contribution in [0.3, 0.4) is 0 Å². The Hall–Kier alpha value is -0.513. The summed E-state index contributed by atoms with van der Waals surface area (Å²) in [7, 11) is -2.05. The fraction of sp³-hybridized carbons (Fsp3) is 0.933. The molecule has 0 rings (SSSR count). The Bertz CT molecular complexity index is 269. The summed E-state index contributed by atoms with van der Waals surface area (Å²) in [5, 5.41) is 0.0262. The monoisotopic (exact) mass is 288 g/mol. The van der Waals surface area contributed by atoms with Gasteiger partial charge < -0.3 is 9.16 Å². The Labute approximate surface area is 120 Å². The van der Waals surface area contributed by atoms with Gasteiger partial charge in [0.05, 0.1) is 6.61 Å². The molecule has 0 bridgehead atoms. The van der Waals surface area contributed by atoms with Crippen molar-refractivity contribution in [3.63, 3.8) is 0 Å². The van der Waals surface area contributed by atoms with Crippen LogP contribution in [0.1, 0.15) is 60.3 Å². The molecule has 0 aliphatic rings. The van der Waals surface area contributed by atoms with Gasteiger partial charge in [0, 0.05) is 0 Å². The first-order valence-corrected chi connectivity index (χ1v) is 10.4. The molecule has 0 radical (unpaired) electrons. The zero-order valence-electron chi connectivity index (χ0n) is 13.8. The molecule has 0 fully saturated rings. The van der Waals surface area contributed by atoms with Crippen LogP contribution in [0.2, 0.25) is 18.1 Å². The third kappa shape index (κ3) is 6.99. The number of hydrogen-bond donors (Lipinski definition) is 0. The van der Waals surface area contributed by atoms with Gasteiger partial charge in [-0.3, -0.25) is 0 Å². The lowest BCUT2D eigenvalue weighted by Gasteiger charge is -2.34. The summed E-state index contributed by atoms with van der Waals surface area (Å²) >= 11 is 0. The van der Waals surface area contributed by atoms with Crippen molar-refractivity contribution in [2.75, 3.05) is 6.61 Å². The van der Waals surface area contributed by atoms with Gasteiger partial charge in [-0.05, 0) is 30.5 Å². The lowest BCUT2D eigenvalue weighted by atomic mass is 10.0. The maximum atomic E-state index is 11.8. The maximum Gasteiger partial charge on any atom is 0.494 e. The van der Waals surface area contributed by atoms with Crippen molar-refractivity contribution in [2.24, 2.45) is 5.92 Å². The van der Waals surface area contributed by atoms with E-state index in [0.717, 1.165) is 12.8 Å². The zero-order chi connectivity index (χ0) is 15.1. The number of carbonyl (C=O) groups is 1. The van der Waals surface area contributed by atoms with Crippen LogP contribution < -0.4 is 0 Å². The summed E-state index contributed by atoms with van der Waals surface area (Å²) in [5.74, 6) is 0.465. The van der Waals surface area contributed by atoms with Crippen molar-refractivity contribution in [3.8, 4) is 0 Å². The van der Waals surface area contributed by atoms with Crippen molar-refractivity contribution in [2.45, 2.75) is 78.4 Å². The van der Waals surface area contributed by atoms with Crippen molar-refractivity contribution >= 4 is 14.5 Å². The Balaban J connectivity index is 4.18. The van der Waals surface area contributed by atoms with Gasteiger partial charge >= 0.3 is 6.16 Å². The van der Waals surface area contributed by atoms with E-state index < -0.39 is 14.5 Å². The largest absolute Gasteiger partial charge is 0.494 e. The van der Waals surface area contributed by atoms with E-state index in [2.05, 4.69) is 47.7 Å². The SMILES string of the molecule is CCCCC(CC)COC(=O)O[Si](C)(C)C(C)(C)C. The molecule has 0 aromatic heterocycles. The number of carbonyl (C=O) groups excluding carboxylic acids is 1.